The lowest BCUT2D eigenvalue weighted by atomic mass is 10.1. The fourth-order valence-electron chi connectivity index (χ4n) is 3.30. The SMILES string of the molecule is COc1ccc2[nH]cc(C(=O)C=C3SC(=S)N(c4ccc5ncsc5c4)C3=O)c2c1. The molecule has 0 atom stereocenters. The van der Waals surface area contributed by atoms with Gasteiger partial charge in [0.2, 0.25) is 0 Å². The van der Waals surface area contributed by atoms with Gasteiger partial charge in [0, 0.05) is 28.7 Å². The van der Waals surface area contributed by atoms with Crippen molar-refractivity contribution < 1.29 is 14.3 Å². The summed E-state index contributed by atoms with van der Waals surface area (Å²) in [5.74, 6) is 0.0773. The van der Waals surface area contributed by atoms with Crippen molar-refractivity contribution in [3.63, 3.8) is 0 Å². The van der Waals surface area contributed by atoms with Crippen molar-refractivity contribution in [2.45, 2.75) is 0 Å². The number of aromatic nitrogens is 2. The number of allylic oxidation sites excluding steroid dienone is 1. The van der Waals surface area contributed by atoms with Gasteiger partial charge < -0.3 is 9.72 Å². The Bertz CT molecular complexity index is 1390. The van der Waals surface area contributed by atoms with Crippen LogP contribution in [0.2, 0.25) is 0 Å². The van der Waals surface area contributed by atoms with Gasteiger partial charge in [-0.2, -0.15) is 0 Å². The first-order valence-electron chi connectivity index (χ1n) is 8.86. The first-order valence-corrected chi connectivity index (χ1v) is 11.0. The van der Waals surface area contributed by atoms with E-state index in [0.29, 0.717) is 26.2 Å². The molecule has 6 nitrogen and oxygen atoms in total. The van der Waals surface area contributed by atoms with Gasteiger partial charge in [0.05, 0.1) is 33.4 Å². The summed E-state index contributed by atoms with van der Waals surface area (Å²) < 4.78 is 6.61. The molecule has 0 spiro atoms. The molecule has 4 aromatic rings. The van der Waals surface area contributed by atoms with Gasteiger partial charge >= 0.3 is 0 Å². The Kier molecular flexibility index (Phi) is 4.65. The Hall–Kier alpha value is -3.01. The third-order valence-electron chi connectivity index (χ3n) is 4.78. The van der Waals surface area contributed by atoms with Crippen molar-refractivity contribution in [3.8, 4) is 5.75 Å². The zero-order valence-corrected chi connectivity index (χ0v) is 18.0. The number of ketones is 1. The fraction of sp³-hybridized carbons (Fsp3) is 0.0476. The van der Waals surface area contributed by atoms with E-state index in [-0.39, 0.29) is 11.7 Å². The van der Waals surface area contributed by atoms with E-state index in [9.17, 15) is 9.59 Å². The number of nitrogens with zero attached hydrogens (tertiary/aromatic N) is 2. The number of ether oxygens (including phenoxy) is 1. The Morgan fingerprint density at radius 3 is 2.97 bits per heavy atom. The van der Waals surface area contributed by atoms with Gasteiger partial charge in [-0.15, -0.1) is 11.3 Å². The molecule has 30 heavy (non-hydrogen) atoms. The van der Waals surface area contributed by atoms with E-state index in [0.717, 1.165) is 32.9 Å². The number of carbonyl (C=O) groups excluding carboxylic acids is 2. The van der Waals surface area contributed by atoms with Crippen LogP contribution in [0.4, 0.5) is 5.69 Å². The molecule has 0 aliphatic carbocycles. The smallest absolute Gasteiger partial charge is 0.270 e. The summed E-state index contributed by atoms with van der Waals surface area (Å²) in [4.78, 5) is 35.0. The average Bonchev–Trinajstić information content (AvgIpc) is 3.44. The minimum absolute atomic E-state index is 0.270. The van der Waals surface area contributed by atoms with Gasteiger partial charge in [0.25, 0.3) is 5.91 Å². The number of fused-ring (bicyclic) bond motifs is 2. The summed E-state index contributed by atoms with van der Waals surface area (Å²) in [7, 11) is 1.57. The number of anilines is 1. The summed E-state index contributed by atoms with van der Waals surface area (Å²) in [6, 6.07) is 11.0. The van der Waals surface area contributed by atoms with Gasteiger partial charge in [-0.25, -0.2) is 4.98 Å². The monoisotopic (exact) mass is 451 g/mol. The Labute approximate surface area is 184 Å². The maximum absolute atomic E-state index is 13.0. The highest BCUT2D eigenvalue weighted by molar-refractivity contribution is 8.27. The summed E-state index contributed by atoms with van der Waals surface area (Å²) in [5, 5.41) is 0.738. The second-order valence-corrected chi connectivity index (χ2v) is 9.06. The predicted molar refractivity (Wildman–Crippen MR) is 125 cm³/mol. The Morgan fingerprint density at radius 1 is 1.27 bits per heavy atom. The number of amides is 1. The molecule has 1 saturated heterocycles. The van der Waals surface area contributed by atoms with Gasteiger partial charge in [-0.3, -0.25) is 14.5 Å². The maximum Gasteiger partial charge on any atom is 0.270 e. The number of thiocarbonyl (C=S) groups is 1. The molecule has 1 amide bonds. The molecular weight excluding hydrogens is 438 g/mol. The molecule has 1 fully saturated rings. The van der Waals surface area contributed by atoms with E-state index in [4.69, 9.17) is 17.0 Å². The number of rotatable bonds is 4. The third kappa shape index (κ3) is 3.11. The lowest BCUT2D eigenvalue weighted by Crippen LogP contribution is -2.27. The molecule has 9 heteroatoms. The normalized spacial score (nSPS) is 15.6. The predicted octanol–water partition coefficient (Wildman–Crippen LogP) is 4.92. The molecule has 0 radical (unpaired) electrons. The lowest BCUT2D eigenvalue weighted by Gasteiger charge is -2.14. The van der Waals surface area contributed by atoms with Gasteiger partial charge in [0.15, 0.2) is 10.1 Å². The van der Waals surface area contributed by atoms with E-state index in [2.05, 4.69) is 9.97 Å². The van der Waals surface area contributed by atoms with Crippen molar-refractivity contribution in [2.24, 2.45) is 0 Å². The zero-order chi connectivity index (χ0) is 20.8. The summed E-state index contributed by atoms with van der Waals surface area (Å²) in [6.45, 7) is 0. The van der Waals surface area contributed by atoms with Crippen LogP contribution in [0.5, 0.6) is 5.75 Å². The van der Waals surface area contributed by atoms with Crippen LogP contribution < -0.4 is 9.64 Å². The molecule has 0 saturated carbocycles. The second-order valence-electron chi connectivity index (χ2n) is 6.50. The molecular formula is C21H13N3O3S3. The van der Waals surface area contributed by atoms with E-state index in [1.807, 2.05) is 30.3 Å². The molecule has 2 aromatic carbocycles. The first-order chi connectivity index (χ1) is 14.5. The number of benzene rings is 2. The highest BCUT2D eigenvalue weighted by Gasteiger charge is 2.34. The largest absolute Gasteiger partial charge is 0.497 e. The van der Waals surface area contributed by atoms with Crippen LogP contribution in [0.25, 0.3) is 21.1 Å². The Balaban J connectivity index is 1.48. The van der Waals surface area contributed by atoms with Crippen LogP contribution in [-0.4, -0.2) is 33.1 Å². The summed E-state index contributed by atoms with van der Waals surface area (Å²) >= 11 is 8.04. The Morgan fingerprint density at radius 2 is 2.13 bits per heavy atom. The van der Waals surface area contributed by atoms with Crippen molar-refractivity contribution in [2.75, 3.05) is 12.0 Å². The molecule has 5 rings (SSSR count). The zero-order valence-electron chi connectivity index (χ0n) is 15.5. The number of aromatic amines is 1. The molecule has 0 unspecified atom stereocenters. The number of thioether (sulfide) groups is 1. The lowest BCUT2D eigenvalue weighted by molar-refractivity contribution is -0.113. The van der Waals surface area contributed by atoms with Crippen LogP contribution >= 0.6 is 35.3 Å². The van der Waals surface area contributed by atoms with Crippen molar-refractivity contribution >= 4 is 78.1 Å². The van der Waals surface area contributed by atoms with E-state index in [1.165, 1.54) is 22.3 Å². The quantitative estimate of drug-likeness (QED) is 0.270. The molecule has 1 aliphatic rings. The number of carbonyl (C=O) groups is 2. The van der Waals surface area contributed by atoms with Crippen LogP contribution in [0.1, 0.15) is 10.4 Å². The van der Waals surface area contributed by atoms with Crippen LogP contribution in [0.15, 0.2) is 59.1 Å². The van der Waals surface area contributed by atoms with Crippen molar-refractivity contribution in [1.82, 2.24) is 9.97 Å². The minimum atomic E-state index is -0.306. The fourth-order valence-corrected chi connectivity index (χ4v) is 5.28. The third-order valence-corrected chi connectivity index (χ3v) is 6.88. The molecule has 2 aromatic heterocycles. The standard InChI is InChI=1S/C21H13N3O3S3/c1-27-12-3-5-15-13(7-12)14(9-22-15)17(25)8-19-20(26)24(21(28)30-19)11-2-4-16-18(6-11)29-10-23-16/h2-10,22H,1H3. The molecule has 148 valence electrons. The summed E-state index contributed by atoms with van der Waals surface area (Å²) in [6.07, 6.45) is 2.99. The van der Waals surface area contributed by atoms with Gasteiger partial charge in [-0.1, -0.05) is 24.0 Å². The summed E-state index contributed by atoms with van der Waals surface area (Å²) in [5.41, 5.74) is 4.59. The number of nitrogens with one attached hydrogen (secondary N) is 1. The molecule has 0 bridgehead atoms. The van der Waals surface area contributed by atoms with Crippen molar-refractivity contribution in [1.29, 1.82) is 0 Å². The van der Waals surface area contributed by atoms with Gasteiger partial charge in [0.1, 0.15) is 5.75 Å². The van der Waals surface area contributed by atoms with Crippen LogP contribution in [0, 0.1) is 0 Å². The number of hydrogen-bond acceptors (Lipinski definition) is 7. The number of methoxy groups -OCH3 is 1. The maximum atomic E-state index is 13.0. The highest BCUT2D eigenvalue weighted by atomic mass is 32.2. The second kappa shape index (κ2) is 7.35. The van der Waals surface area contributed by atoms with Gasteiger partial charge in [-0.05, 0) is 36.4 Å². The molecule has 3 heterocycles. The van der Waals surface area contributed by atoms with Crippen LogP contribution in [-0.2, 0) is 4.79 Å². The number of thiazole rings is 1. The molecule has 1 N–H and O–H groups in total. The van der Waals surface area contributed by atoms with E-state index in [1.54, 1.807) is 24.9 Å². The van der Waals surface area contributed by atoms with Crippen LogP contribution in [0.3, 0.4) is 0 Å². The molecule has 1 aliphatic heterocycles. The highest BCUT2D eigenvalue weighted by Crippen LogP contribution is 2.37. The average molecular weight is 452 g/mol. The van der Waals surface area contributed by atoms with E-state index < -0.39 is 0 Å². The van der Waals surface area contributed by atoms with E-state index >= 15 is 0 Å². The van der Waals surface area contributed by atoms with Crippen molar-refractivity contribution in [3.05, 3.63) is 64.7 Å². The number of hydrogen-bond donors (Lipinski definition) is 1. The minimum Gasteiger partial charge on any atom is -0.497 e. The first kappa shape index (κ1) is 19.0. The number of H-pyrrole nitrogens is 1. The topological polar surface area (TPSA) is 75.3 Å².